The average Bonchev–Trinajstić information content (AvgIpc) is 3.31. The highest BCUT2D eigenvalue weighted by Gasteiger charge is 2.21. The van der Waals surface area contributed by atoms with E-state index in [2.05, 4.69) is 20.6 Å². The summed E-state index contributed by atoms with van der Waals surface area (Å²) < 4.78 is 2.85. The molecule has 8 heteroatoms. The van der Waals surface area contributed by atoms with Crippen LogP contribution in [0.5, 0.6) is 0 Å². The molecular weight excluding hydrogens is 294 g/mol. The van der Waals surface area contributed by atoms with Gasteiger partial charge in [0.15, 0.2) is 0 Å². The van der Waals surface area contributed by atoms with Crippen molar-refractivity contribution in [3.8, 4) is 5.69 Å². The maximum Gasteiger partial charge on any atom is 0.364 e. The maximum absolute atomic E-state index is 12.4. The van der Waals surface area contributed by atoms with E-state index >= 15 is 0 Å². The second-order valence-corrected chi connectivity index (χ2v) is 5.76. The number of tetrazole rings is 1. The SMILES string of the molecule is O=c1n(Cc2cnn(-c3ccccc3)n2)nnn1C1CCCC1. The summed E-state index contributed by atoms with van der Waals surface area (Å²) in [6, 6.07) is 9.83. The van der Waals surface area contributed by atoms with Gasteiger partial charge in [-0.05, 0) is 35.4 Å². The predicted octanol–water partition coefficient (Wildman–Crippen LogP) is 1.18. The topological polar surface area (TPSA) is 83.4 Å². The van der Waals surface area contributed by atoms with Crippen molar-refractivity contribution in [1.29, 1.82) is 0 Å². The van der Waals surface area contributed by atoms with E-state index < -0.39 is 0 Å². The van der Waals surface area contributed by atoms with Crippen molar-refractivity contribution in [3.63, 3.8) is 0 Å². The Morgan fingerprint density at radius 3 is 2.65 bits per heavy atom. The van der Waals surface area contributed by atoms with Crippen LogP contribution in [0.3, 0.4) is 0 Å². The third-order valence-corrected chi connectivity index (χ3v) is 4.17. The monoisotopic (exact) mass is 311 g/mol. The third kappa shape index (κ3) is 2.67. The first-order valence-electron chi connectivity index (χ1n) is 7.80. The number of hydrogen-bond donors (Lipinski definition) is 0. The van der Waals surface area contributed by atoms with Gasteiger partial charge >= 0.3 is 5.69 Å². The molecule has 0 spiro atoms. The molecule has 0 atom stereocenters. The zero-order chi connectivity index (χ0) is 15.6. The van der Waals surface area contributed by atoms with E-state index in [4.69, 9.17) is 0 Å². The molecule has 1 aliphatic carbocycles. The number of hydrogen-bond acceptors (Lipinski definition) is 5. The lowest BCUT2D eigenvalue weighted by atomic mass is 10.3. The Labute approximate surface area is 132 Å². The predicted molar refractivity (Wildman–Crippen MR) is 82.2 cm³/mol. The van der Waals surface area contributed by atoms with Crippen LogP contribution in [-0.4, -0.2) is 34.8 Å². The van der Waals surface area contributed by atoms with Crippen LogP contribution in [0.15, 0.2) is 41.3 Å². The van der Waals surface area contributed by atoms with Crippen molar-refractivity contribution in [2.45, 2.75) is 38.3 Å². The molecule has 0 unspecified atom stereocenters. The summed E-state index contributed by atoms with van der Waals surface area (Å²) >= 11 is 0. The van der Waals surface area contributed by atoms with Crippen molar-refractivity contribution in [2.24, 2.45) is 0 Å². The second-order valence-electron chi connectivity index (χ2n) is 5.76. The lowest BCUT2D eigenvalue weighted by molar-refractivity contribution is 0.441. The van der Waals surface area contributed by atoms with Gasteiger partial charge in [0.25, 0.3) is 0 Å². The summed E-state index contributed by atoms with van der Waals surface area (Å²) in [6.45, 7) is 0.276. The molecular formula is C15H17N7O. The Morgan fingerprint density at radius 2 is 1.87 bits per heavy atom. The first kappa shape index (κ1) is 13.9. The molecule has 1 fully saturated rings. The molecule has 0 aliphatic heterocycles. The van der Waals surface area contributed by atoms with Gasteiger partial charge in [0, 0.05) is 0 Å². The molecule has 4 rings (SSSR count). The Morgan fingerprint density at radius 1 is 1.09 bits per heavy atom. The average molecular weight is 311 g/mol. The van der Waals surface area contributed by atoms with E-state index in [1.54, 1.807) is 11.0 Å². The van der Waals surface area contributed by atoms with E-state index in [9.17, 15) is 4.79 Å². The van der Waals surface area contributed by atoms with Crippen LogP contribution in [0.1, 0.15) is 37.4 Å². The van der Waals surface area contributed by atoms with Crippen molar-refractivity contribution in [2.75, 3.05) is 0 Å². The van der Waals surface area contributed by atoms with E-state index in [0.717, 1.165) is 31.4 Å². The fraction of sp³-hybridized carbons (Fsp3) is 0.400. The molecule has 0 saturated heterocycles. The fourth-order valence-electron chi connectivity index (χ4n) is 2.97. The number of aromatic nitrogens is 7. The molecule has 1 aliphatic rings. The molecule has 2 aromatic heterocycles. The molecule has 1 aromatic carbocycles. The summed E-state index contributed by atoms with van der Waals surface area (Å²) in [5.74, 6) is 0. The number of benzene rings is 1. The van der Waals surface area contributed by atoms with Gasteiger partial charge in [-0.3, -0.25) is 0 Å². The highest BCUT2D eigenvalue weighted by atomic mass is 16.2. The zero-order valence-corrected chi connectivity index (χ0v) is 12.6. The highest BCUT2D eigenvalue weighted by Crippen LogP contribution is 2.27. The van der Waals surface area contributed by atoms with Crippen LogP contribution in [0, 0.1) is 0 Å². The molecule has 8 nitrogen and oxygen atoms in total. The van der Waals surface area contributed by atoms with Crippen LogP contribution in [-0.2, 0) is 6.54 Å². The van der Waals surface area contributed by atoms with E-state index in [1.165, 1.54) is 9.36 Å². The summed E-state index contributed by atoms with van der Waals surface area (Å²) in [6.07, 6.45) is 5.95. The fourth-order valence-corrected chi connectivity index (χ4v) is 2.97. The van der Waals surface area contributed by atoms with Crippen molar-refractivity contribution in [3.05, 3.63) is 52.7 Å². The normalized spacial score (nSPS) is 15.3. The molecule has 0 radical (unpaired) electrons. The summed E-state index contributed by atoms with van der Waals surface area (Å²) in [4.78, 5) is 13.9. The van der Waals surface area contributed by atoms with Crippen LogP contribution < -0.4 is 5.69 Å². The number of nitrogens with zero attached hydrogens (tertiary/aromatic N) is 7. The quantitative estimate of drug-likeness (QED) is 0.722. The van der Waals surface area contributed by atoms with Crippen LogP contribution in [0.25, 0.3) is 5.69 Å². The molecule has 0 amide bonds. The van der Waals surface area contributed by atoms with Crippen molar-refractivity contribution >= 4 is 0 Å². The third-order valence-electron chi connectivity index (χ3n) is 4.17. The standard InChI is InChI=1S/C15H17N7O/c23-15-20(18-19-21(15)13-6-4-5-7-13)11-12-10-16-22(17-12)14-8-2-1-3-9-14/h1-3,8-10,13H,4-7,11H2. The molecule has 118 valence electrons. The van der Waals surface area contributed by atoms with Gasteiger partial charge in [0.2, 0.25) is 0 Å². The largest absolute Gasteiger partial charge is 0.364 e. The van der Waals surface area contributed by atoms with Gasteiger partial charge in [-0.25, -0.2) is 4.79 Å². The minimum Gasteiger partial charge on any atom is -0.244 e. The Hall–Kier alpha value is -2.77. The smallest absolute Gasteiger partial charge is 0.244 e. The van der Waals surface area contributed by atoms with Crippen LogP contribution in [0.2, 0.25) is 0 Å². The van der Waals surface area contributed by atoms with E-state index in [0.29, 0.717) is 5.69 Å². The molecule has 23 heavy (non-hydrogen) atoms. The van der Waals surface area contributed by atoms with Crippen LogP contribution in [0.4, 0.5) is 0 Å². The Bertz CT molecular complexity index is 842. The molecule has 3 aromatic rings. The first-order valence-corrected chi connectivity index (χ1v) is 7.80. The Balaban J connectivity index is 1.55. The maximum atomic E-state index is 12.4. The van der Waals surface area contributed by atoms with E-state index in [-0.39, 0.29) is 18.3 Å². The molecule has 0 N–H and O–H groups in total. The Kier molecular flexibility index (Phi) is 3.49. The molecule has 1 saturated carbocycles. The van der Waals surface area contributed by atoms with Gasteiger partial charge in [-0.15, -0.1) is 0 Å². The minimum atomic E-state index is -0.175. The van der Waals surface area contributed by atoms with E-state index in [1.807, 2.05) is 30.3 Å². The first-order chi connectivity index (χ1) is 11.3. The lowest BCUT2D eigenvalue weighted by Gasteiger charge is -2.05. The highest BCUT2D eigenvalue weighted by molar-refractivity contribution is 5.28. The molecule has 0 bridgehead atoms. The summed E-state index contributed by atoms with van der Waals surface area (Å²) in [7, 11) is 0. The zero-order valence-electron chi connectivity index (χ0n) is 12.6. The van der Waals surface area contributed by atoms with Gasteiger partial charge in [0.1, 0.15) is 5.69 Å². The molecule has 2 heterocycles. The second kappa shape index (κ2) is 5.79. The number of para-hydroxylation sites is 1. The van der Waals surface area contributed by atoms with Crippen molar-refractivity contribution in [1.82, 2.24) is 34.8 Å². The summed E-state index contributed by atoms with van der Waals surface area (Å²) in [5, 5.41) is 16.6. The van der Waals surface area contributed by atoms with Gasteiger partial charge in [-0.1, -0.05) is 31.0 Å². The van der Waals surface area contributed by atoms with Crippen LogP contribution >= 0.6 is 0 Å². The van der Waals surface area contributed by atoms with Gasteiger partial charge < -0.3 is 0 Å². The van der Waals surface area contributed by atoms with Gasteiger partial charge in [0.05, 0.1) is 24.5 Å². The van der Waals surface area contributed by atoms with Gasteiger partial charge in [-0.2, -0.15) is 24.4 Å². The minimum absolute atomic E-state index is 0.175. The number of rotatable bonds is 4. The summed E-state index contributed by atoms with van der Waals surface area (Å²) in [5.41, 5.74) is 1.38. The lowest BCUT2D eigenvalue weighted by Crippen LogP contribution is -2.28. The van der Waals surface area contributed by atoms with Crippen molar-refractivity contribution < 1.29 is 0 Å².